The van der Waals surface area contributed by atoms with Crippen LogP contribution in [0, 0.1) is 0 Å². The molecule has 5 heteroatoms. The molecule has 0 unspecified atom stereocenters. The maximum atomic E-state index is 11.0. The molecule has 0 saturated heterocycles. The number of carbonyl (C=O) groups excluding carboxylic acids is 1. The van der Waals surface area contributed by atoms with Crippen LogP contribution in [0.1, 0.15) is 17.3 Å². The van der Waals surface area contributed by atoms with E-state index in [1.165, 1.54) is 0 Å². The molecule has 0 aromatic heterocycles. The van der Waals surface area contributed by atoms with Crippen LogP contribution in [0.3, 0.4) is 0 Å². The van der Waals surface area contributed by atoms with Gasteiger partial charge in [0.1, 0.15) is 0 Å². The van der Waals surface area contributed by atoms with Gasteiger partial charge in [-0.3, -0.25) is 0 Å². The Balaban J connectivity index is 0.000000423. The zero-order valence-corrected chi connectivity index (χ0v) is 8.21. The summed E-state index contributed by atoms with van der Waals surface area (Å²) in [5.74, 6) is -0.256. The van der Waals surface area contributed by atoms with Gasteiger partial charge in [0.05, 0.1) is 12.2 Å². The van der Waals surface area contributed by atoms with E-state index < -0.39 is 6.16 Å². The molecule has 0 fully saturated rings. The van der Waals surface area contributed by atoms with Crippen molar-refractivity contribution in [1.82, 2.24) is 0 Å². The second-order valence-electron chi connectivity index (χ2n) is 2.37. The molecule has 0 bridgehead atoms. The van der Waals surface area contributed by atoms with E-state index in [0.29, 0.717) is 12.2 Å². The first-order chi connectivity index (χ1) is 7.07. The van der Waals surface area contributed by atoms with Gasteiger partial charge in [-0.2, -0.15) is 0 Å². The molecule has 5 nitrogen and oxygen atoms in total. The molecule has 0 radical (unpaired) electrons. The van der Waals surface area contributed by atoms with Gasteiger partial charge in [-0.15, -0.1) is 0 Å². The number of esters is 1. The van der Waals surface area contributed by atoms with Crippen molar-refractivity contribution in [2.45, 2.75) is 6.92 Å². The van der Waals surface area contributed by atoms with Gasteiger partial charge in [-0.05, 0) is 19.1 Å². The standard InChI is InChI=1S/C9H10O2.CH2O3/c1-2-11-9(10)8-6-4-3-5-7-8;2-1(3)4/h3-7H,2H2,1H3;(H2,2,3,4). The number of hydrogen-bond donors (Lipinski definition) is 2. The first kappa shape index (κ1) is 13.0. The van der Waals surface area contributed by atoms with Crippen LogP contribution in [0.4, 0.5) is 4.79 Å². The molecule has 0 atom stereocenters. The Morgan fingerprint density at radius 2 is 1.67 bits per heavy atom. The van der Waals surface area contributed by atoms with E-state index in [1.807, 2.05) is 18.2 Å². The van der Waals surface area contributed by atoms with Crippen molar-refractivity contribution in [1.29, 1.82) is 0 Å². The molecule has 1 aromatic rings. The Morgan fingerprint density at radius 1 is 1.20 bits per heavy atom. The molecule has 0 aliphatic carbocycles. The minimum atomic E-state index is -1.83. The van der Waals surface area contributed by atoms with Crippen molar-refractivity contribution in [2.75, 3.05) is 6.61 Å². The molecule has 82 valence electrons. The normalized spacial score (nSPS) is 8.33. The van der Waals surface area contributed by atoms with Crippen LogP contribution in [0.5, 0.6) is 0 Å². The number of carbonyl (C=O) groups is 2. The first-order valence-corrected chi connectivity index (χ1v) is 4.22. The lowest BCUT2D eigenvalue weighted by Crippen LogP contribution is -2.03. The molecular formula is C10H12O5. The molecule has 0 aliphatic heterocycles. The SMILES string of the molecule is CCOC(=O)c1ccccc1.O=C(O)O. The van der Waals surface area contributed by atoms with Gasteiger partial charge in [0.15, 0.2) is 0 Å². The third-order valence-electron chi connectivity index (χ3n) is 1.28. The van der Waals surface area contributed by atoms with E-state index in [2.05, 4.69) is 0 Å². The molecule has 15 heavy (non-hydrogen) atoms. The lowest BCUT2D eigenvalue weighted by Gasteiger charge is -1.99. The van der Waals surface area contributed by atoms with Crippen molar-refractivity contribution in [3.05, 3.63) is 35.9 Å². The number of ether oxygens (including phenoxy) is 1. The van der Waals surface area contributed by atoms with Crippen LogP contribution in [-0.2, 0) is 4.74 Å². The average molecular weight is 212 g/mol. The molecule has 0 saturated carbocycles. The molecule has 0 aliphatic rings. The Bertz CT molecular complexity index is 303. The van der Waals surface area contributed by atoms with Crippen molar-refractivity contribution >= 4 is 12.1 Å². The van der Waals surface area contributed by atoms with Gasteiger partial charge in [-0.25, -0.2) is 9.59 Å². The molecule has 0 spiro atoms. The van der Waals surface area contributed by atoms with E-state index in [4.69, 9.17) is 19.7 Å². The first-order valence-electron chi connectivity index (χ1n) is 4.22. The third-order valence-corrected chi connectivity index (χ3v) is 1.28. The summed E-state index contributed by atoms with van der Waals surface area (Å²) in [6, 6.07) is 8.96. The van der Waals surface area contributed by atoms with Crippen LogP contribution < -0.4 is 0 Å². The Labute approximate surface area is 86.9 Å². The summed E-state index contributed by atoms with van der Waals surface area (Å²) in [6.07, 6.45) is -1.83. The van der Waals surface area contributed by atoms with E-state index in [0.717, 1.165) is 0 Å². The van der Waals surface area contributed by atoms with Gasteiger partial charge in [0.2, 0.25) is 0 Å². The molecule has 0 amide bonds. The van der Waals surface area contributed by atoms with Crippen molar-refractivity contribution in [3.63, 3.8) is 0 Å². The van der Waals surface area contributed by atoms with Crippen LogP contribution in [0.25, 0.3) is 0 Å². The summed E-state index contributed by atoms with van der Waals surface area (Å²) < 4.78 is 4.79. The highest BCUT2D eigenvalue weighted by Crippen LogP contribution is 1.99. The maximum Gasteiger partial charge on any atom is 0.503 e. The van der Waals surface area contributed by atoms with Crippen LogP contribution in [0.2, 0.25) is 0 Å². The van der Waals surface area contributed by atoms with Crippen molar-refractivity contribution in [3.8, 4) is 0 Å². The Morgan fingerprint density at radius 3 is 2.07 bits per heavy atom. The van der Waals surface area contributed by atoms with Crippen LogP contribution in [0.15, 0.2) is 30.3 Å². The Kier molecular flexibility index (Phi) is 6.37. The molecule has 0 heterocycles. The molecule has 1 rings (SSSR count). The minimum absolute atomic E-state index is 0.256. The highest BCUT2D eigenvalue weighted by Gasteiger charge is 2.02. The van der Waals surface area contributed by atoms with Crippen molar-refractivity contribution in [2.24, 2.45) is 0 Å². The lowest BCUT2D eigenvalue weighted by molar-refractivity contribution is 0.0526. The molecule has 1 aromatic carbocycles. The molecule has 2 N–H and O–H groups in total. The van der Waals surface area contributed by atoms with Crippen LogP contribution >= 0.6 is 0 Å². The fourth-order valence-electron chi connectivity index (χ4n) is 0.789. The summed E-state index contributed by atoms with van der Waals surface area (Å²) in [5.41, 5.74) is 0.606. The predicted octanol–water partition coefficient (Wildman–Crippen LogP) is 2.09. The minimum Gasteiger partial charge on any atom is -0.462 e. The van der Waals surface area contributed by atoms with E-state index >= 15 is 0 Å². The largest absolute Gasteiger partial charge is 0.503 e. The lowest BCUT2D eigenvalue weighted by atomic mass is 10.2. The van der Waals surface area contributed by atoms with E-state index in [9.17, 15) is 4.79 Å². The zero-order chi connectivity index (χ0) is 11.7. The van der Waals surface area contributed by atoms with Gasteiger partial charge < -0.3 is 14.9 Å². The fourth-order valence-corrected chi connectivity index (χ4v) is 0.789. The fraction of sp³-hybridized carbons (Fsp3) is 0.200. The Hall–Kier alpha value is -2.04. The number of carboxylic acid groups (broad SMARTS) is 2. The topological polar surface area (TPSA) is 83.8 Å². The quantitative estimate of drug-likeness (QED) is 0.733. The summed E-state index contributed by atoms with van der Waals surface area (Å²) in [7, 11) is 0. The van der Waals surface area contributed by atoms with E-state index in [1.54, 1.807) is 19.1 Å². The summed E-state index contributed by atoms with van der Waals surface area (Å²) >= 11 is 0. The molecular weight excluding hydrogens is 200 g/mol. The summed E-state index contributed by atoms with van der Waals surface area (Å²) in [4.78, 5) is 19.6. The highest BCUT2D eigenvalue weighted by molar-refractivity contribution is 5.89. The maximum absolute atomic E-state index is 11.0. The highest BCUT2D eigenvalue weighted by atomic mass is 16.6. The van der Waals surface area contributed by atoms with Crippen molar-refractivity contribution < 1.29 is 24.5 Å². The monoisotopic (exact) mass is 212 g/mol. The predicted molar refractivity (Wildman–Crippen MR) is 53.1 cm³/mol. The smallest absolute Gasteiger partial charge is 0.462 e. The average Bonchev–Trinajstić information content (AvgIpc) is 2.19. The van der Waals surface area contributed by atoms with Gasteiger partial charge in [0, 0.05) is 0 Å². The second-order valence-corrected chi connectivity index (χ2v) is 2.37. The summed E-state index contributed by atoms with van der Waals surface area (Å²) in [6.45, 7) is 2.22. The number of hydrogen-bond acceptors (Lipinski definition) is 3. The number of rotatable bonds is 2. The van der Waals surface area contributed by atoms with E-state index in [-0.39, 0.29) is 5.97 Å². The zero-order valence-electron chi connectivity index (χ0n) is 8.21. The third kappa shape index (κ3) is 7.06. The number of benzene rings is 1. The second kappa shape index (κ2) is 7.37. The van der Waals surface area contributed by atoms with Gasteiger partial charge >= 0.3 is 12.1 Å². The van der Waals surface area contributed by atoms with Gasteiger partial charge in [0.25, 0.3) is 0 Å². The van der Waals surface area contributed by atoms with Gasteiger partial charge in [-0.1, -0.05) is 18.2 Å². The van der Waals surface area contributed by atoms with Crippen LogP contribution in [-0.4, -0.2) is 28.9 Å². The summed E-state index contributed by atoms with van der Waals surface area (Å²) in [5, 5.41) is 13.9.